The van der Waals surface area contributed by atoms with Gasteiger partial charge in [-0.05, 0) is 38.7 Å². The molecule has 1 amide bonds. The summed E-state index contributed by atoms with van der Waals surface area (Å²) in [5.41, 5.74) is 6.57. The number of halogens is 1. The lowest BCUT2D eigenvalue weighted by atomic mass is 9.97. The maximum atomic E-state index is 11.6. The van der Waals surface area contributed by atoms with E-state index in [1.807, 2.05) is 12.1 Å². The van der Waals surface area contributed by atoms with Crippen molar-refractivity contribution in [1.29, 1.82) is 0 Å². The van der Waals surface area contributed by atoms with Crippen LogP contribution in [0.25, 0.3) is 0 Å². The normalized spacial score (nSPS) is 22.1. The Bertz CT molecular complexity index is 681. The molecule has 0 aromatic carbocycles. The summed E-state index contributed by atoms with van der Waals surface area (Å²) in [7, 11) is 0. The molecular weight excluding hydrogens is 483 g/mol. The fraction of sp³-hybridized carbons (Fsp3) is 0.650. The second kappa shape index (κ2) is 12.2. The number of primary amides is 1. The third-order valence-electron chi connectivity index (χ3n) is 5.26. The highest BCUT2D eigenvalue weighted by atomic mass is 127. The van der Waals surface area contributed by atoms with Gasteiger partial charge in [-0.3, -0.25) is 4.79 Å². The van der Waals surface area contributed by atoms with Gasteiger partial charge in [-0.15, -0.1) is 24.0 Å². The van der Waals surface area contributed by atoms with E-state index in [2.05, 4.69) is 27.4 Å². The SMILES string of the molecule is CCNC(=NCc1cccnc1N1CCCC(C(N)=O)C1)NCC1CCCO1.I. The van der Waals surface area contributed by atoms with Crippen molar-refractivity contribution in [2.75, 3.05) is 37.7 Å². The van der Waals surface area contributed by atoms with Crippen molar-refractivity contribution in [3.8, 4) is 0 Å². The van der Waals surface area contributed by atoms with E-state index in [1.54, 1.807) is 6.20 Å². The lowest BCUT2D eigenvalue weighted by Gasteiger charge is -2.33. The zero-order valence-corrected chi connectivity index (χ0v) is 19.4. The fourth-order valence-electron chi connectivity index (χ4n) is 3.76. The maximum absolute atomic E-state index is 11.6. The van der Waals surface area contributed by atoms with Gasteiger partial charge < -0.3 is 26.0 Å². The predicted molar refractivity (Wildman–Crippen MR) is 126 cm³/mol. The molecule has 162 valence electrons. The number of nitrogens with two attached hydrogens (primary N) is 1. The van der Waals surface area contributed by atoms with E-state index in [-0.39, 0.29) is 41.9 Å². The van der Waals surface area contributed by atoms with Crippen LogP contribution in [0, 0.1) is 5.92 Å². The van der Waals surface area contributed by atoms with Crippen LogP contribution in [0.5, 0.6) is 0 Å². The Balaban J connectivity index is 0.00000300. The number of anilines is 1. The molecule has 4 N–H and O–H groups in total. The van der Waals surface area contributed by atoms with Gasteiger partial charge in [0, 0.05) is 44.5 Å². The Morgan fingerprint density at radius 2 is 2.24 bits per heavy atom. The van der Waals surface area contributed by atoms with Gasteiger partial charge in [-0.25, -0.2) is 9.98 Å². The monoisotopic (exact) mass is 516 g/mol. The molecule has 2 atom stereocenters. The summed E-state index contributed by atoms with van der Waals surface area (Å²) in [6.45, 7) is 6.48. The molecule has 1 aromatic heterocycles. The molecule has 2 aliphatic rings. The summed E-state index contributed by atoms with van der Waals surface area (Å²) in [6.07, 6.45) is 6.06. The molecular formula is C20H33IN6O2. The Morgan fingerprint density at radius 3 is 2.97 bits per heavy atom. The molecule has 0 spiro atoms. The largest absolute Gasteiger partial charge is 0.376 e. The van der Waals surface area contributed by atoms with Crippen molar-refractivity contribution >= 4 is 41.7 Å². The third-order valence-corrected chi connectivity index (χ3v) is 5.26. The van der Waals surface area contributed by atoms with Crippen LogP contribution in [0.15, 0.2) is 23.3 Å². The number of carbonyl (C=O) groups is 1. The topological polar surface area (TPSA) is 105 Å². The Hall–Kier alpha value is -1.62. The van der Waals surface area contributed by atoms with Crippen LogP contribution in [-0.2, 0) is 16.1 Å². The quantitative estimate of drug-likeness (QED) is 0.289. The number of nitrogens with zero attached hydrogens (tertiary/aromatic N) is 3. The average molecular weight is 516 g/mol. The molecule has 2 aliphatic heterocycles. The molecule has 1 aromatic rings. The molecule has 3 heterocycles. The number of piperidine rings is 1. The summed E-state index contributed by atoms with van der Waals surface area (Å²) in [6, 6.07) is 3.97. The Kier molecular flexibility index (Phi) is 9.92. The van der Waals surface area contributed by atoms with Gasteiger partial charge in [-0.1, -0.05) is 6.07 Å². The third kappa shape index (κ3) is 6.98. The molecule has 3 rings (SSSR count). The number of guanidine groups is 1. The lowest BCUT2D eigenvalue weighted by molar-refractivity contribution is -0.122. The fourth-order valence-corrected chi connectivity index (χ4v) is 3.76. The van der Waals surface area contributed by atoms with Gasteiger partial charge in [0.1, 0.15) is 5.82 Å². The number of hydrogen-bond acceptors (Lipinski definition) is 5. The minimum absolute atomic E-state index is 0. The number of amides is 1. The zero-order chi connectivity index (χ0) is 19.8. The second-order valence-electron chi connectivity index (χ2n) is 7.38. The number of carbonyl (C=O) groups excluding carboxylic acids is 1. The molecule has 0 radical (unpaired) electrons. The van der Waals surface area contributed by atoms with Crippen LogP contribution in [0.1, 0.15) is 38.2 Å². The van der Waals surface area contributed by atoms with E-state index >= 15 is 0 Å². The minimum atomic E-state index is -0.229. The van der Waals surface area contributed by atoms with Crippen molar-refractivity contribution in [2.24, 2.45) is 16.6 Å². The van der Waals surface area contributed by atoms with Gasteiger partial charge in [0.2, 0.25) is 5.91 Å². The predicted octanol–water partition coefficient (Wildman–Crippen LogP) is 1.64. The van der Waals surface area contributed by atoms with Gasteiger partial charge in [-0.2, -0.15) is 0 Å². The maximum Gasteiger partial charge on any atom is 0.222 e. The van der Waals surface area contributed by atoms with E-state index < -0.39 is 0 Å². The van der Waals surface area contributed by atoms with Crippen LogP contribution in [0.4, 0.5) is 5.82 Å². The molecule has 8 nitrogen and oxygen atoms in total. The van der Waals surface area contributed by atoms with Crippen LogP contribution in [-0.4, -0.2) is 55.7 Å². The van der Waals surface area contributed by atoms with Crippen molar-refractivity contribution in [3.63, 3.8) is 0 Å². The number of hydrogen-bond donors (Lipinski definition) is 3. The summed E-state index contributed by atoms with van der Waals surface area (Å²) in [4.78, 5) is 23.1. The van der Waals surface area contributed by atoms with E-state index in [4.69, 9.17) is 15.5 Å². The van der Waals surface area contributed by atoms with E-state index in [0.717, 1.165) is 69.3 Å². The van der Waals surface area contributed by atoms with Crippen LogP contribution < -0.4 is 21.3 Å². The summed E-state index contributed by atoms with van der Waals surface area (Å²) in [5.74, 6) is 1.33. The lowest BCUT2D eigenvalue weighted by Crippen LogP contribution is -2.42. The van der Waals surface area contributed by atoms with E-state index in [0.29, 0.717) is 13.1 Å². The first-order valence-electron chi connectivity index (χ1n) is 10.3. The number of aromatic nitrogens is 1. The average Bonchev–Trinajstić information content (AvgIpc) is 3.24. The molecule has 29 heavy (non-hydrogen) atoms. The molecule has 0 saturated carbocycles. The van der Waals surface area contributed by atoms with Gasteiger partial charge in [0.15, 0.2) is 5.96 Å². The second-order valence-corrected chi connectivity index (χ2v) is 7.38. The van der Waals surface area contributed by atoms with Crippen molar-refractivity contribution < 1.29 is 9.53 Å². The summed E-state index contributed by atoms with van der Waals surface area (Å²) < 4.78 is 5.67. The summed E-state index contributed by atoms with van der Waals surface area (Å²) in [5, 5.41) is 6.66. The Labute approximate surface area is 190 Å². The van der Waals surface area contributed by atoms with E-state index in [9.17, 15) is 4.79 Å². The van der Waals surface area contributed by atoms with Gasteiger partial charge in [0.05, 0.1) is 18.6 Å². The van der Waals surface area contributed by atoms with Crippen molar-refractivity contribution in [1.82, 2.24) is 15.6 Å². The standard InChI is InChI=1S/C20H32N6O2.HI/c1-2-22-20(25-13-17-8-5-11-28-17)24-12-15-6-3-9-23-19(15)26-10-4-7-16(14-26)18(21)27;/h3,6,9,16-17H,2,4-5,7-8,10-14H2,1H3,(H2,21,27)(H2,22,24,25);1H. The molecule has 2 fully saturated rings. The number of aliphatic imine (C=N–C) groups is 1. The highest BCUT2D eigenvalue weighted by molar-refractivity contribution is 14.0. The van der Waals surface area contributed by atoms with Crippen LogP contribution >= 0.6 is 24.0 Å². The van der Waals surface area contributed by atoms with E-state index in [1.165, 1.54) is 0 Å². The number of nitrogens with one attached hydrogen (secondary N) is 2. The van der Waals surface area contributed by atoms with Gasteiger partial charge >= 0.3 is 0 Å². The molecule has 2 unspecified atom stereocenters. The van der Waals surface area contributed by atoms with Crippen LogP contribution in [0.3, 0.4) is 0 Å². The smallest absolute Gasteiger partial charge is 0.222 e. The summed E-state index contributed by atoms with van der Waals surface area (Å²) >= 11 is 0. The first kappa shape index (κ1) is 23.7. The number of ether oxygens (including phenoxy) is 1. The zero-order valence-electron chi connectivity index (χ0n) is 17.1. The van der Waals surface area contributed by atoms with Crippen molar-refractivity contribution in [3.05, 3.63) is 23.9 Å². The molecule has 0 aliphatic carbocycles. The highest BCUT2D eigenvalue weighted by Gasteiger charge is 2.26. The Morgan fingerprint density at radius 1 is 1.38 bits per heavy atom. The van der Waals surface area contributed by atoms with Crippen LogP contribution in [0.2, 0.25) is 0 Å². The first-order valence-corrected chi connectivity index (χ1v) is 10.3. The number of rotatable bonds is 7. The first-order chi connectivity index (χ1) is 13.7. The van der Waals surface area contributed by atoms with Gasteiger partial charge in [0.25, 0.3) is 0 Å². The van der Waals surface area contributed by atoms with Crippen molar-refractivity contribution in [2.45, 2.75) is 45.3 Å². The number of pyridine rings is 1. The highest BCUT2D eigenvalue weighted by Crippen LogP contribution is 2.25. The minimum Gasteiger partial charge on any atom is -0.376 e. The molecule has 2 saturated heterocycles. The molecule has 9 heteroatoms. The molecule has 0 bridgehead atoms.